The van der Waals surface area contributed by atoms with Gasteiger partial charge in [0.15, 0.2) is 0 Å². The largest absolute Gasteiger partial charge is 0.361 e. The molecule has 1 nitrogen and oxygen atoms in total. The second kappa shape index (κ2) is 7.86. The van der Waals surface area contributed by atoms with Gasteiger partial charge in [-0.05, 0) is 114 Å². The van der Waals surface area contributed by atoms with Crippen LogP contribution in [0.4, 0.5) is 4.39 Å². The van der Waals surface area contributed by atoms with Crippen molar-refractivity contribution in [2.45, 2.75) is 97.8 Å². The number of allylic oxidation sites excluding steroid dienone is 2. The van der Waals surface area contributed by atoms with Crippen molar-refractivity contribution in [3.63, 3.8) is 0 Å². The van der Waals surface area contributed by atoms with E-state index in [9.17, 15) is 4.39 Å². The minimum Gasteiger partial charge on any atom is -0.361 e. The Morgan fingerprint density at radius 3 is 2.58 bits per heavy atom. The Balaban J connectivity index is 1.46. The summed E-state index contributed by atoms with van der Waals surface area (Å²) in [5.74, 6) is 1.59. The molecule has 200 valence electrons. The smallest absolute Gasteiger partial charge is 0.123 e. The van der Waals surface area contributed by atoms with Crippen molar-refractivity contribution < 1.29 is 4.39 Å². The summed E-state index contributed by atoms with van der Waals surface area (Å²) in [4.78, 5) is 3.47. The van der Waals surface area contributed by atoms with Crippen LogP contribution in [-0.4, -0.2) is 4.98 Å². The Morgan fingerprint density at radius 2 is 1.76 bits per heavy atom. The third kappa shape index (κ3) is 3.04. The van der Waals surface area contributed by atoms with Crippen molar-refractivity contribution in [3.8, 4) is 0 Å². The maximum absolute atomic E-state index is 14.5. The number of aromatic nitrogens is 1. The molecule has 0 spiro atoms. The molecule has 3 aromatic rings. The standard InChI is InChI=1S/C36H44FN/c1-22-12-13-33(3)14-16-36(6)31-20-26(27-21-38-29-11-10-24(37)19-25(27)29)32-23(2)8-7-9-28(32)34(31,4)15-17-35(36,5)30(33)18-22/h7-11,19-22,26,30,38H,12-18H2,1-6H3/t22?,26?,30?,33?,34?,35-,36?/m0/s1. The molecule has 0 bridgehead atoms. The van der Waals surface area contributed by atoms with Crippen LogP contribution in [0.5, 0.6) is 0 Å². The zero-order chi connectivity index (χ0) is 26.7. The van der Waals surface area contributed by atoms with Crippen LogP contribution in [0.3, 0.4) is 0 Å². The van der Waals surface area contributed by atoms with Crippen molar-refractivity contribution in [2.24, 2.45) is 28.1 Å². The summed E-state index contributed by atoms with van der Waals surface area (Å²) in [7, 11) is 0. The molecule has 6 unspecified atom stereocenters. The number of hydrogen-bond acceptors (Lipinski definition) is 0. The Kier molecular flexibility index (Phi) is 5.10. The van der Waals surface area contributed by atoms with E-state index in [0.717, 1.165) is 22.7 Å². The van der Waals surface area contributed by atoms with Gasteiger partial charge in [-0.3, -0.25) is 0 Å². The molecule has 2 aromatic carbocycles. The number of benzene rings is 2. The summed E-state index contributed by atoms with van der Waals surface area (Å²) in [5, 5.41) is 1.02. The van der Waals surface area contributed by atoms with Crippen LogP contribution < -0.4 is 0 Å². The second-order valence-corrected chi connectivity index (χ2v) is 14.7. The van der Waals surface area contributed by atoms with Gasteiger partial charge in [0.05, 0.1) is 0 Å². The third-order valence-corrected chi connectivity index (χ3v) is 12.8. The topological polar surface area (TPSA) is 15.8 Å². The second-order valence-electron chi connectivity index (χ2n) is 14.7. The number of nitrogens with one attached hydrogen (secondary N) is 1. The van der Waals surface area contributed by atoms with Crippen LogP contribution in [-0.2, 0) is 5.41 Å². The Labute approximate surface area is 228 Å². The molecule has 2 heteroatoms. The first-order chi connectivity index (χ1) is 18.0. The number of aryl methyl sites for hydroxylation is 1. The van der Waals surface area contributed by atoms with E-state index in [0.29, 0.717) is 10.8 Å². The predicted octanol–water partition coefficient (Wildman–Crippen LogP) is 9.99. The molecule has 1 heterocycles. The highest BCUT2D eigenvalue weighted by molar-refractivity contribution is 5.85. The lowest BCUT2D eigenvalue weighted by Gasteiger charge is -2.69. The SMILES string of the molecule is Cc1cccc2c1C(c1c[nH]c3ccc(F)cc13)C=C1C2(C)CC[C@@]2(C)C3CC(C)CCC3(C)CCC12C. The summed E-state index contributed by atoms with van der Waals surface area (Å²) in [6.07, 6.45) is 14.1. The first-order valence-electron chi connectivity index (χ1n) is 15.1. The van der Waals surface area contributed by atoms with E-state index < -0.39 is 0 Å². The minimum atomic E-state index is -0.160. The Bertz CT molecular complexity index is 1480. The van der Waals surface area contributed by atoms with Crippen molar-refractivity contribution >= 4 is 10.9 Å². The highest BCUT2D eigenvalue weighted by atomic mass is 19.1. The van der Waals surface area contributed by atoms with Gasteiger partial charge >= 0.3 is 0 Å². The first kappa shape index (κ1) is 24.7. The van der Waals surface area contributed by atoms with Crippen LogP contribution >= 0.6 is 0 Å². The lowest BCUT2D eigenvalue weighted by Crippen LogP contribution is -2.61. The molecule has 1 aromatic heterocycles. The fraction of sp³-hybridized carbons (Fsp3) is 0.556. The van der Waals surface area contributed by atoms with E-state index in [1.54, 1.807) is 17.7 Å². The molecule has 4 aliphatic rings. The fourth-order valence-electron chi connectivity index (χ4n) is 10.3. The molecule has 3 fully saturated rings. The van der Waals surface area contributed by atoms with Gasteiger partial charge in [-0.15, -0.1) is 0 Å². The van der Waals surface area contributed by atoms with Gasteiger partial charge in [-0.2, -0.15) is 0 Å². The molecule has 7 rings (SSSR count). The molecular weight excluding hydrogens is 465 g/mol. The summed E-state index contributed by atoms with van der Waals surface area (Å²) in [6, 6.07) is 12.1. The maximum atomic E-state index is 14.5. The average Bonchev–Trinajstić information content (AvgIpc) is 3.30. The first-order valence-corrected chi connectivity index (χ1v) is 15.1. The lowest BCUT2D eigenvalue weighted by molar-refractivity contribution is -0.145. The van der Waals surface area contributed by atoms with E-state index in [4.69, 9.17) is 0 Å². The maximum Gasteiger partial charge on any atom is 0.123 e. The normalized spacial score (nSPS) is 40.1. The highest BCUT2D eigenvalue weighted by Gasteiger charge is 2.65. The van der Waals surface area contributed by atoms with E-state index >= 15 is 0 Å². The van der Waals surface area contributed by atoms with Gasteiger partial charge < -0.3 is 4.98 Å². The summed E-state index contributed by atoms with van der Waals surface area (Å²) in [6.45, 7) is 15.3. The minimum absolute atomic E-state index is 0.0531. The summed E-state index contributed by atoms with van der Waals surface area (Å²) < 4.78 is 14.5. The van der Waals surface area contributed by atoms with Crippen molar-refractivity contribution in [2.75, 3.05) is 0 Å². The zero-order valence-electron chi connectivity index (χ0n) is 24.2. The van der Waals surface area contributed by atoms with Crippen LogP contribution in [0.1, 0.15) is 108 Å². The van der Waals surface area contributed by atoms with E-state index in [1.165, 1.54) is 67.2 Å². The van der Waals surface area contributed by atoms with Crippen molar-refractivity contribution in [1.82, 2.24) is 4.98 Å². The molecule has 0 radical (unpaired) electrons. The number of fused-ring (bicyclic) bond motifs is 8. The fourth-order valence-corrected chi connectivity index (χ4v) is 10.3. The van der Waals surface area contributed by atoms with Gasteiger partial charge in [-0.1, -0.05) is 70.9 Å². The molecule has 0 saturated heterocycles. The van der Waals surface area contributed by atoms with Gasteiger partial charge in [0.1, 0.15) is 5.82 Å². The van der Waals surface area contributed by atoms with Crippen LogP contribution in [0.2, 0.25) is 0 Å². The zero-order valence-corrected chi connectivity index (χ0v) is 24.2. The van der Waals surface area contributed by atoms with Crippen LogP contribution in [0, 0.1) is 40.8 Å². The quantitative estimate of drug-likeness (QED) is 0.314. The van der Waals surface area contributed by atoms with Gasteiger partial charge in [-0.25, -0.2) is 4.39 Å². The van der Waals surface area contributed by atoms with E-state index in [-0.39, 0.29) is 22.6 Å². The molecular formula is C36H44FN. The molecule has 3 saturated carbocycles. The lowest BCUT2D eigenvalue weighted by atomic mass is 9.35. The van der Waals surface area contributed by atoms with Gasteiger partial charge in [0.2, 0.25) is 0 Å². The number of rotatable bonds is 1. The summed E-state index contributed by atoms with van der Waals surface area (Å²) in [5.41, 5.74) is 9.22. The molecule has 4 aliphatic carbocycles. The molecule has 0 amide bonds. The molecule has 0 aliphatic heterocycles. The van der Waals surface area contributed by atoms with Crippen molar-refractivity contribution in [1.29, 1.82) is 0 Å². The molecule has 7 atom stereocenters. The summed E-state index contributed by atoms with van der Waals surface area (Å²) >= 11 is 0. The highest BCUT2D eigenvalue weighted by Crippen LogP contribution is 2.74. The molecule has 38 heavy (non-hydrogen) atoms. The van der Waals surface area contributed by atoms with E-state index in [2.05, 4.69) is 77.0 Å². The van der Waals surface area contributed by atoms with Crippen LogP contribution in [0.15, 0.2) is 54.2 Å². The Morgan fingerprint density at radius 1 is 0.947 bits per heavy atom. The van der Waals surface area contributed by atoms with Gasteiger partial charge in [0, 0.05) is 28.4 Å². The molecule has 1 N–H and O–H groups in total. The average molecular weight is 510 g/mol. The number of hydrogen-bond donors (Lipinski definition) is 1. The monoisotopic (exact) mass is 509 g/mol. The number of H-pyrrole nitrogens is 1. The number of aromatic amines is 1. The predicted molar refractivity (Wildman–Crippen MR) is 156 cm³/mol. The number of halogens is 1. The van der Waals surface area contributed by atoms with Crippen LogP contribution in [0.25, 0.3) is 10.9 Å². The third-order valence-electron chi connectivity index (χ3n) is 12.8. The van der Waals surface area contributed by atoms with E-state index in [1.807, 2.05) is 6.07 Å². The van der Waals surface area contributed by atoms with Gasteiger partial charge in [0.25, 0.3) is 0 Å². The van der Waals surface area contributed by atoms with Crippen molar-refractivity contribution in [3.05, 3.63) is 82.3 Å². The Hall–Kier alpha value is -2.35.